The molecule has 1 atom stereocenters. The van der Waals surface area contributed by atoms with Gasteiger partial charge in [-0.3, -0.25) is 0 Å². The highest BCUT2D eigenvalue weighted by atomic mass is 127. The van der Waals surface area contributed by atoms with Gasteiger partial charge in [0.2, 0.25) is 0 Å². The molecular weight excluding hydrogens is 588 g/mol. The molecular formula is C23H19I2N3O. The molecule has 0 saturated heterocycles. The number of halogens is 2. The maximum absolute atomic E-state index is 11.0. The zero-order valence-corrected chi connectivity index (χ0v) is 20.1. The minimum Gasteiger partial charge on any atom is -0.389 e. The van der Waals surface area contributed by atoms with Crippen molar-refractivity contribution in [2.24, 2.45) is 0 Å². The number of aliphatic hydroxyl groups excluding tert-OH is 1. The summed E-state index contributed by atoms with van der Waals surface area (Å²) in [6.45, 7) is 3.05. The molecule has 0 radical (unpaired) electrons. The van der Waals surface area contributed by atoms with E-state index in [0.717, 1.165) is 27.9 Å². The van der Waals surface area contributed by atoms with Gasteiger partial charge in [0.1, 0.15) is 5.82 Å². The minimum absolute atomic E-state index is 0.516. The summed E-state index contributed by atoms with van der Waals surface area (Å²) in [6, 6.07) is 21.1. The van der Waals surface area contributed by atoms with Gasteiger partial charge in [-0.25, -0.2) is 4.98 Å². The number of aromatic nitrogens is 3. The Labute approximate surface area is 195 Å². The van der Waals surface area contributed by atoms with E-state index in [4.69, 9.17) is 0 Å². The van der Waals surface area contributed by atoms with E-state index in [9.17, 15) is 5.11 Å². The van der Waals surface area contributed by atoms with Gasteiger partial charge in [-0.1, -0.05) is 12.1 Å². The largest absolute Gasteiger partial charge is 0.389 e. The van der Waals surface area contributed by atoms with Crippen molar-refractivity contribution < 1.29 is 5.11 Å². The topological polar surface area (TPSA) is 43.0 Å². The SMILES string of the molecule is Cc1nc2ccccc2n1C[C@H](O)Cn1c2ccc(I)cc2c2cc(I)ccc21. The zero-order valence-electron chi connectivity index (χ0n) is 15.8. The van der Waals surface area contributed by atoms with Gasteiger partial charge in [-0.05, 0) is 101 Å². The average molecular weight is 607 g/mol. The summed E-state index contributed by atoms with van der Waals surface area (Å²) in [5.41, 5.74) is 4.36. The number of aryl methyl sites for hydroxylation is 1. The normalized spacial score (nSPS) is 13.0. The number of para-hydroxylation sites is 2. The molecule has 0 aliphatic heterocycles. The Balaban J connectivity index is 1.56. The molecule has 0 bridgehead atoms. The first-order valence-electron chi connectivity index (χ1n) is 9.48. The Morgan fingerprint density at radius 3 is 2.07 bits per heavy atom. The monoisotopic (exact) mass is 607 g/mol. The van der Waals surface area contributed by atoms with Crippen LogP contribution in [0.5, 0.6) is 0 Å². The molecule has 0 fully saturated rings. The molecule has 5 rings (SSSR count). The fourth-order valence-electron chi connectivity index (χ4n) is 4.15. The van der Waals surface area contributed by atoms with Gasteiger partial charge in [0, 0.05) is 28.9 Å². The van der Waals surface area contributed by atoms with Crippen LogP contribution in [0.4, 0.5) is 0 Å². The second-order valence-electron chi connectivity index (χ2n) is 7.35. The van der Waals surface area contributed by atoms with Gasteiger partial charge in [-0.15, -0.1) is 0 Å². The van der Waals surface area contributed by atoms with E-state index < -0.39 is 6.10 Å². The Kier molecular flexibility index (Phi) is 5.03. The second kappa shape index (κ2) is 7.55. The third-order valence-corrected chi connectivity index (χ3v) is 6.76. The van der Waals surface area contributed by atoms with Gasteiger partial charge in [-0.2, -0.15) is 0 Å². The molecule has 2 aromatic heterocycles. The molecule has 29 heavy (non-hydrogen) atoms. The number of benzene rings is 3. The number of rotatable bonds is 4. The first-order chi connectivity index (χ1) is 14.0. The fourth-order valence-corrected chi connectivity index (χ4v) is 5.13. The van der Waals surface area contributed by atoms with Gasteiger partial charge in [0.25, 0.3) is 0 Å². The van der Waals surface area contributed by atoms with Crippen molar-refractivity contribution >= 4 is 78.0 Å². The number of fused-ring (bicyclic) bond motifs is 4. The highest BCUT2D eigenvalue weighted by Crippen LogP contribution is 2.32. The first kappa shape index (κ1) is 19.3. The molecule has 0 aliphatic carbocycles. The summed E-state index contributed by atoms with van der Waals surface area (Å²) in [4.78, 5) is 4.63. The predicted octanol–water partition coefficient (Wildman–Crippen LogP) is 5.72. The molecule has 5 aromatic rings. The van der Waals surface area contributed by atoms with Gasteiger partial charge >= 0.3 is 0 Å². The first-order valence-corrected chi connectivity index (χ1v) is 11.6. The predicted molar refractivity (Wildman–Crippen MR) is 135 cm³/mol. The molecule has 1 N–H and O–H groups in total. The van der Waals surface area contributed by atoms with E-state index in [1.54, 1.807) is 0 Å². The Morgan fingerprint density at radius 1 is 0.828 bits per heavy atom. The van der Waals surface area contributed by atoms with Crippen LogP contribution in [-0.2, 0) is 13.1 Å². The lowest BCUT2D eigenvalue weighted by Gasteiger charge is -2.16. The van der Waals surface area contributed by atoms with Crippen molar-refractivity contribution in [1.82, 2.24) is 14.1 Å². The summed E-state index contributed by atoms with van der Waals surface area (Å²) < 4.78 is 6.79. The quantitative estimate of drug-likeness (QED) is 0.266. The third-order valence-electron chi connectivity index (χ3n) is 5.42. The van der Waals surface area contributed by atoms with Crippen LogP contribution >= 0.6 is 45.2 Å². The summed E-state index contributed by atoms with van der Waals surface area (Å²) in [6.07, 6.45) is -0.524. The van der Waals surface area contributed by atoms with Crippen LogP contribution in [0.2, 0.25) is 0 Å². The van der Waals surface area contributed by atoms with Crippen molar-refractivity contribution in [2.45, 2.75) is 26.1 Å². The Bertz CT molecular complexity index is 1310. The molecule has 4 nitrogen and oxygen atoms in total. The maximum Gasteiger partial charge on any atom is 0.106 e. The van der Waals surface area contributed by atoms with E-state index in [2.05, 4.69) is 102 Å². The fraction of sp³-hybridized carbons (Fsp3) is 0.174. The number of hydrogen-bond donors (Lipinski definition) is 1. The van der Waals surface area contributed by atoms with Gasteiger partial charge in [0.15, 0.2) is 0 Å². The van der Waals surface area contributed by atoms with Crippen molar-refractivity contribution in [3.63, 3.8) is 0 Å². The summed E-state index contributed by atoms with van der Waals surface area (Å²) in [5.74, 6) is 0.927. The van der Waals surface area contributed by atoms with Crippen LogP contribution in [0.1, 0.15) is 5.82 Å². The number of hydrogen-bond acceptors (Lipinski definition) is 2. The molecule has 0 aliphatic rings. The minimum atomic E-state index is -0.524. The van der Waals surface area contributed by atoms with Crippen LogP contribution < -0.4 is 0 Å². The van der Waals surface area contributed by atoms with Crippen LogP contribution in [0.25, 0.3) is 32.8 Å². The van der Waals surface area contributed by atoms with Crippen molar-refractivity contribution in [3.8, 4) is 0 Å². The smallest absolute Gasteiger partial charge is 0.106 e. The summed E-state index contributed by atoms with van der Waals surface area (Å²) in [7, 11) is 0. The maximum atomic E-state index is 11.0. The molecule has 6 heteroatoms. The van der Waals surface area contributed by atoms with Gasteiger partial charge in [0.05, 0.1) is 30.2 Å². The lowest BCUT2D eigenvalue weighted by molar-refractivity contribution is 0.137. The number of aliphatic hydroxyl groups is 1. The average Bonchev–Trinajstić information content (AvgIpc) is 3.16. The second-order valence-corrected chi connectivity index (χ2v) is 9.84. The molecule has 146 valence electrons. The van der Waals surface area contributed by atoms with E-state index >= 15 is 0 Å². The van der Waals surface area contributed by atoms with Gasteiger partial charge < -0.3 is 14.2 Å². The molecule has 0 amide bonds. The Morgan fingerprint density at radius 2 is 1.41 bits per heavy atom. The Hall–Kier alpha value is -1.65. The van der Waals surface area contributed by atoms with E-state index in [1.165, 1.54) is 17.9 Å². The van der Waals surface area contributed by atoms with Crippen LogP contribution in [0.3, 0.4) is 0 Å². The molecule has 0 spiro atoms. The van der Waals surface area contributed by atoms with Crippen LogP contribution in [0.15, 0.2) is 60.7 Å². The van der Waals surface area contributed by atoms with E-state index in [1.807, 2.05) is 25.1 Å². The molecule has 0 unspecified atom stereocenters. The highest BCUT2D eigenvalue weighted by Gasteiger charge is 2.16. The van der Waals surface area contributed by atoms with Crippen LogP contribution in [0, 0.1) is 14.1 Å². The van der Waals surface area contributed by atoms with E-state index in [-0.39, 0.29) is 0 Å². The van der Waals surface area contributed by atoms with Crippen molar-refractivity contribution in [3.05, 3.63) is 73.6 Å². The summed E-state index contributed by atoms with van der Waals surface area (Å²) >= 11 is 4.72. The lowest BCUT2D eigenvalue weighted by Crippen LogP contribution is -2.22. The zero-order chi connectivity index (χ0) is 20.1. The highest BCUT2D eigenvalue weighted by molar-refractivity contribution is 14.1. The third kappa shape index (κ3) is 3.44. The molecule has 0 saturated carbocycles. The number of imidazole rings is 1. The lowest BCUT2D eigenvalue weighted by atomic mass is 10.2. The standard InChI is InChI=1S/C23H19I2N3O/c1-14-26-20-4-2-3-5-23(20)27(14)12-17(29)13-28-21-8-6-15(24)10-18(21)19-11-16(25)7-9-22(19)28/h2-11,17,29H,12-13H2,1H3/t17-/m0/s1. The molecule has 3 aromatic carbocycles. The number of nitrogens with zero attached hydrogens (tertiary/aromatic N) is 3. The van der Waals surface area contributed by atoms with Crippen molar-refractivity contribution in [1.29, 1.82) is 0 Å². The van der Waals surface area contributed by atoms with Crippen molar-refractivity contribution in [2.75, 3.05) is 0 Å². The molecule has 2 heterocycles. The van der Waals surface area contributed by atoms with Crippen LogP contribution in [-0.4, -0.2) is 25.3 Å². The summed E-state index contributed by atoms with van der Waals surface area (Å²) in [5, 5.41) is 13.5. The van der Waals surface area contributed by atoms with E-state index in [0.29, 0.717) is 13.1 Å².